The zero-order chi connectivity index (χ0) is 20.2. The number of aryl methyl sites for hydroxylation is 1. The predicted molar refractivity (Wildman–Crippen MR) is 118 cm³/mol. The molecule has 0 saturated heterocycles. The van der Waals surface area contributed by atoms with Crippen molar-refractivity contribution < 1.29 is 4.74 Å². The minimum Gasteiger partial charge on any atom is -0.494 e. The lowest BCUT2D eigenvalue weighted by Gasteiger charge is -2.14. The summed E-state index contributed by atoms with van der Waals surface area (Å²) in [7, 11) is 0. The molecule has 0 fully saturated rings. The molecule has 0 amide bonds. The van der Waals surface area contributed by atoms with Crippen LogP contribution in [0, 0.1) is 6.92 Å². The largest absolute Gasteiger partial charge is 0.494 e. The molecule has 0 aliphatic rings. The van der Waals surface area contributed by atoms with Crippen LogP contribution >= 0.6 is 11.6 Å². The second-order valence-electron chi connectivity index (χ2n) is 6.93. The number of fused-ring (bicyclic) bond motifs is 1. The Kier molecular flexibility index (Phi) is 5.63. The summed E-state index contributed by atoms with van der Waals surface area (Å²) >= 11 is 6.03. The summed E-state index contributed by atoms with van der Waals surface area (Å²) in [6.07, 6.45) is 0.689. The summed E-state index contributed by atoms with van der Waals surface area (Å²) in [5.41, 5.74) is 2.70. The molecule has 4 rings (SSSR count). The molecule has 4 aromatic rings. The van der Waals surface area contributed by atoms with Gasteiger partial charge in [0.25, 0.3) is 5.56 Å². The van der Waals surface area contributed by atoms with Gasteiger partial charge in [-0.25, -0.2) is 4.98 Å². The molecule has 3 aromatic carbocycles. The van der Waals surface area contributed by atoms with E-state index in [-0.39, 0.29) is 5.56 Å². The molecule has 0 N–H and O–H groups in total. The molecular formula is C24H21ClN2O2. The van der Waals surface area contributed by atoms with E-state index in [1.165, 1.54) is 5.56 Å². The van der Waals surface area contributed by atoms with Gasteiger partial charge in [-0.15, -0.1) is 0 Å². The lowest BCUT2D eigenvalue weighted by atomic mass is 10.1. The lowest BCUT2D eigenvalue weighted by Crippen LogP contribution is -2.24. The van der Waals surface area contributed by atoms with Crippen LogP contribution in [0.25, 0.3) is 22.3 Å². The third-order valence-electron chi connectivity index (χ3n) is 4.78. The van der Waals surface area contributed by atoms with Crippen molar-refractivity contribution in [1.29, 1.82) is 0 Å². The summed E-state index contributed by atoms with van der Waals surface area (Å²) in [5, 5.41) is 1.26. The highest BCUT2D eigenvalue weighted by atomic mass is 35.5. The fourth-order valence-electron chi connectivity index (χ4n) is 3.24. The standard InChI is InChI=1S/C24H21ClN2O2/c1-17-7-13-20(14-8-17)29-16-4-15-27-23(18-9-11-19(25)12-10-18)26-22-6-3-2-5-21(22)24(27)28/h2-3,5-14H,4,15-16H2,1H3. The Hall–Kier alpha value is -3.11. The van der Waals surface area contributed by atoms with Gasteiger partial charge in [0.1, 0.15) is 11.6 Å². The first-order chi connectivity index (χ1) is 14.1. The highest BCUT2D eigenvalue weighted by Crippen LogP contribution is 2.21. The molecule has 0 radical (unpaired) electrons. The SMILES string of the molecule is Cc1ccc(OCCCn2c(-c3ccc(Cl)cc3)nc3ccccc3c2=O)cc1. The molecule has 0 bridgehead atoms. The quantitative estimate of drug-likeness (QED) is 0.399. The average Bonchev–Trinajstić information content (AvgIpc) is 2.74. The number of benzene rings is 3. The van der Waals surface area contributed by atoms with Crippen molar-refractivity contribution in [2.75, 3.05) is 6.61 Å². The maximum Gasteiger partial charge on any atom is 0.261 e. The number of halogens is 1. The van der Waals surface area contributed by atoms with E-state index >= 15 is 0 Å². The predicted octanol–water partition coefficient (Wildman–Crippen LogP) is 5.49. The minimum absolute atomic E-state index is 0.0455. The number of nitrogens with zero attached hydrogens (tertiary/aromatic N) is 2. The maximum atomic E-state index is 13.1. The van der Waals surface area contributed by atoms with E-state index in [9.17, 15) is 4.79 Å². The van der Waals surface area contributed by atoms with Gasteiger partial charge in [-0.1, -0.05) is 41.4 Å². The Bertz CT molecular complexity index is 1180. The number of hydrogen-bond donors (Lipinski definition) is 0. The molecule has 5 heteroatoms. The van der Waals surface area contributed by atoms with E-state index in [0.717, 1.165) is 11.3 Å². The summed E-state index contributed by atoms with van der Waals surface area (Å²) in [4.78, 5) is 17.9. The smallest absolute Gasteiger partial charge is 0.261 e. The van der Waals surface area contributed by atoms with E-state index in [4.69, 9.17) is 21.3 Å². The number of ether oxygens (including phenoxy) is 1. The van der Waals surface area contributed by atoms with Crippen LogP contribution in [0.2, 0.25) is 5.02 Å². The average molecular weight is 405 g/mol. The van der Waals surface area contributed by atoms with Crippen LogP contribution in [-0.4, -0.2) is 16.2 Å². The van der Waals surface area contributed by atoms with E-state index < -0.39 is 0 Å². The van der Waals surface area contributed by atoms with Gasteiger partial charge in [0.15, 0.2) is 0 Å². The Morgan fingerprint density at radius 1 is 0.966 bits per heavy atom. The molecule has 0 unspecified atom stereocenters. The lowest BCUT2D eigenvalue weighted by molar-refractivity contribution is 0.301. The van der Waals surface area contributed by atoms with Gasteiger partial charge >= 0.3 is 0 Å². The highest BCUT2D eigenvalue weighted by molar-refractivity contribution is 6.30. The first-order valence-electron chi connectivity index (χ1n) is 9.57. The number of aromatic nitrogens is 2. The summed E-state index contributed by atoms with van der Waals surface area (Å²) < 4.78 is 7.54. The number of rotatable bonds is 6. The van der Waals surface area contributed by atoms with Crippen molar-refractivity contribution in [3.8, 4) is 17.1 Å². The molecule has 0 atom stereocenters. The summed E-state index contributed by atoms with van der Waals surface area (Å²) in [6, 6.07) is 22.8. The minimum atomic E-state index is -0.0455. The van der Waals surface area contributed by atoms with Crippen LogP contribution in [0.15, 0.2) is 77.6 Å². The van der Waals surface area contributed by atoms with Crippen molar-refractivity contribution in [2.24, 2.45) is 0 Å². The van der Waals surface area contributed by atoms with E-state index in [2.05, 4.69) is 0 Å². The van der Waals surface area contributed by atoms with E-state index in [0.29, 0.717) is 41.3 Å². The molecule has 4 nitrogen and oxygen atoms in total. The Balaban J connectivity index is 1.61. The molecule has 0 aliphatic heterocycles. The van der Waals surface area contributed by atoms with Crippen LogP contribution in [0.5, 0.6) is 5.75 Å². The normalized spacial score (nSPS) is 11.0. The van der Waals surface area contributed by atoms with Gasteiger partial charge in [-0.3, -0.25) is 9.36 Å². The molecule has 0 aliphatic carbocycles. The van der Waals surface area contributed by atoms with Crippen LogP contribution in [0.3, 0.4) is 0 Å². The van der Waals surface area contributed by atoms with Crippen molar-refractivity contribution in [1.82, 2.24) is 9.55 Å². The first-order valence-corrected chi connectivity index (χ1v) is 9.94. The van der Waals surface area contributed by atoms with Gasteiger partial charge in [-0.05, 0) is 61.9 Å². The van der Waals surface area contributed by atoms with E-state index in [1.54, 1.807) is 4.57 Å². The second-order valence-corrected chi connectivity index (χ2v) is 7.37. The van der Waals surface area contributed by atoms with Crippen LogP contribution in [0.1, 0.15) is 12.0 Å². The maximum absolute atomic E-state index is 13.1. The van der Waals surface area contributed by atoms with Crippen LogP contribution in [-0.2, 0) is 6.54 Å². The Morgan fingerprint density at radius 2 is 1.69 bits per heavy atom. The van der Waals surface area contributed by atoms with Crippen molar-refractivity contribution in [2.45, 2.75) is 19.9 Å². The third-order valence-corrected chi connectivity index (χ3v) is 5.03. The summed E-state index contributed by atoms with van der Waals surface area (Å²) in [5.74, 6) is 1.47. The third kappa shape index (κ3) is 4.33. The van der Waals surface area contributed by atoms with Gasteiger partial charge in [-0.2, -0.15) is 0 Å². The number of para-hydroxylation sites is 1. The van der Waals surface area contributed by atoms with Crippen LogP contribution < -0.4 is 10.3 Å². The number of hydrogen-bond acceptors (Lipinski definition) is 3. The van der Waals surface area contributed by atoms with Gasteiger partial charge in [0.05, 0.1) is 17.5 Å². The van der Waals surface area contributed by atoms with E-state index in [1.807, 2.05) is 79.7 Å². The van der Waals surface area contributed by atoms with Gasteiger partial charge in [0.2, 0.25) is 0 Å². The topological polar surface area (TPSA) is 44.1 Å². The Labute approximate surface area is 174 Å². The fraction of sp³-hybridized carbons (Fsp3) is 0.167. The second kappa shape index (κ2) is 8.50. The van der Waals surface area contributed by atoms with Crippen LogP contribution in [0.4, 0.5) is 0 Å². The molecule has 0 saturated carbocycles. The zero-order valence-corrected chi connectivity index (χ0v) is 16.9. The van der Waals surface area contributed by atoms with Gasteiger partial charge < -0.3 is 4.74 Å². The van der Waals surface area contributed by atoms with Crippen molar-refractivity contribution in [3.63, 3.8) is 0 Å². The Morgan fingerprint density at radius 3 is 2.45 bits per heavy atom. The molecule has 1 heterocycles. The molecule has 146 valence electrons. The highest BCUT2D eigenvalue weighted by Gasteiger charge is 2.12. The molecule has 1 aromatic heterocycles. The first kappa shape index (κ1) is 19.2. The van der Waals surface area contributed by atoms with Gasteiger partial charge in [0, 0.05) is 17.1 Å². The zero-order valence-electron chi connectivity index (χ0n) is 16.1. The fourth-order valence-corrected chi connectivity index (χ4v) is 3.37. The summed E-state index contributed by atoms with van der Waals surface area (Å²) in [6.45, 7) is 3.07. The van der Waals surface area contributed by atoms with Crippen molar-refractivity contribution in [3.05, 3.63) is 93.7 Å². The molecule has 29 heavy (non-hydrogen) atoms. The molecular weight excluding hydrogens is 384 g/mol. The monoisotopic (exact) mass is 404 g/mol. The molecule has 0 spiro atoms. The van der Waals surface area contributed by atoms with Crippen molar-refractivity contribution >= 4 is 22.5 Å².